The topological polar surface area (TPSA) is 68.3 Å². The highest BCUT2D eigenvalue weighted by Gasteiger charge is 2.09. The van der Waals surface area contributed by atoms with Crippen LogP contribution >= 0.6 is 12.4 Å². The molecule has 114 valence electrons. The quantitative estimate of drug-likeness (QED) is 0.854. The molecule has 0 radical (unpaired) electrons. The van der Waals surface area contributed by atoms with Crippen molar-refractivity contribution in [1.82, 2.24) is 0 Å². The van der Waals surface area contributed by atoms with Gasteiger partial charge in [-0.3, -0.25) is 4.79 Å². The maximum Gasteiger partial charge on any atom is 0.258 e. The first-order valence-electron chi connectivity index (χ1n) is 6.90. The molecule has 1 aromatic carbocycles. The van der Waals surface area contributed by atoms with Crippen molar-refractivity contribution in [3.8, 4) is 0 Å². The number of nitrogens with one attached hydrogen (secondary N) is 1. The molecule has 0 aliphatic carbocycles. The zero-order chi connectivity index (χ0) is 14.4. The second-order valence-electron chi connectivity index (χ2n) is 4.76. The number of benzene rings is 1. The molecule has 0 spiro atoms. The number of hydrogen-bond acceptors (Lipinski definition) is 3. The number of nitrogens with two attached hydrogens (primary N) is 1. The van der Waals surface area contributed by atoms with Gasteiger partial charge < -0.3 is 15.5 Å². The third-order valence-electron chi connectivity index (χ3n) is 3.15. The number of carbonyl (C=O) groups is 1. The van der Waals surface area contributed by atoms with E-state index in [9.17, 15) is 4.79 Å². The highest BCUT2D eigenvalue weighted by Crippen LogP contribution is 2.14. The monoisotopic (exact) mass is 308 g/mol. The molecule has 2 aromatic rings. The number of furan rings is 1. The van der Waals surface area contributed by atoms with Crippen LogP contribution in [0.2, 0.25) is 0 Å². The first-order chi connectivity index (χ1) is 9.72. The number of hydrogen-bond donors (Lipinski definition) is 2. The fourth-order valence-corrected chi connectivity index (χ4v) is 1.95. The van der Waals surface area contributed by atoms with Gasteiger partial charge in [-0.1, -0.05) is 25.5 Å². The Morgan fingerprint density at radius 2 is 2.00 bits per heavy atom. The van der Waals surface area contributed by atoms with Gasteiger partial charge in [-0.15, -0.1) is 12.4 Å². The average Bonchev–Trinajstić information content (AvgIpc) is 2.95. The fourth-order valence-electron chi connectivity index (χ4n) is 1.95. The molecular formula is C16H21ClN2O2. The first kappa shape index (κ1) is 17.3. The second-order valence-corrected chi connectivity index (χ2v) is 4.76. The van der Waals surface area contributed by atoms with Gasteiger partial charge in [0.15, 0.2) is 0 Å². The first-order valence-corrected chi connectivity index (χ1v) is 6.90. The SMILES string of the molecule is CCCCc1ccc(NC(=O)c2coc(CN)c2)cc1.Cl. The summed E-state index contributed by atoms with van der Waals surface area (Å²) in [5.74, 6) is 0.417. The van der Waals surface area contributed by atoms with Crippen molar-refractivity contribution in [1.29, 1.82) is 0 Å². The smallest absolute Gasteiger partial charge is 0.258 e. The molecule has 0 saturated heterocycles. The summed E-state index contributed by atoms with van der Waals surface area (Å²) in [6.07, 6.45) is 4.87. The van der Waals surface area contributed by atoms with E-state index in [-0.39, 0.29) is 18.3 Å². The molecule has 0 saturated carbocycles. The van der Waals surface area contributed by atoms with E-state index in [1.54, 1.807) is 6.07 Å². The van der Waals surface area contributed by atoms with Crippen LogP contribution in [0.3, 0.4) is 0 Å². The molecule has 2 rings (SSSR count). The van der Waals surface area contributed by atoms with Crippen LogP contribution in [0, 0.1) is 0 Å². The maximum atomic E-state index is 12.0. The normalized spacial score (nSPS) is 10.0. The summed E-state index contributed by atoms with van der Waals surface area (Å²) < 4.78 is 5.15. The Morgan fingerprint density at radius 1 is 1.29 bits per heavy atom. The minimum atomic E-state index is -0.185. The Bertz CT molecular complexity index is 564. The van der Waals surface area contributed by atoms with Crippen LogP contribution in [0.5, 0.6) is 0 Å². The molecule has 0 bridgehead atoms. The van der Waals surface area contributed by atoms with Crippen molar-refractivity contribution in [3.63, 3.8) is 0 Å². The average molecular weight is 309 g/mol. The third kappa shape index (κ3) is 4.92. The fraction of sp³-hybridized carbons (Fsp3) is 0.312. The number of unbranched alkanes of at least 4 members (excludes halogenated alkanes) is 1. The van der Waals surface area contributed by atoms with E-state index in [0.29, 0.717) is 17.9 Å². The van der Waals surface area contributed by atoms with E-state index in [1.165, 1.54) is 24.7 Å². The Morgan fingerprint density at radius 3 is 2.57 bits per heavy atom. The van der Waals surface area contributed by atoms with Crippen molar-refractivity contribution in [3.05, 3.63) is 53.5 Å². The van der Waals surface area contributed by atoms with Gasteiger partial charge in [-0.25, -0.2) is 0 Å². The van der Waals surface area contributed by atoms with E-state index < -0.39 is 0 Å². The Balaban J connectivity index is 0.00000220. The molecule has 1 heterocycles. The van der Waals surface area contributed by atoms with Crippen LogP contribution in [0.25, 0.3) is 0 Å². The van der Waals surface area contributed by atoms with Crippen molar-refractivity contribution in [2.45, 2.75) is 32.7 Å². The molecule has 4 nitrogen and oxygen atoms in total. The molecule has 21 heavy (non-hydrogen) atoms. The van der Waals surface area contributed by atoms with Crippen molar-refractivity contribution < 1.29 is 9.21 Å². The van der Waals surface area contributed by atoms with Gasteiger partial charge in [0, 0.05) is 5.69 Å². The summed E-state index contributed by atoms with van der Waals surface area (Å²) in [5, 5.41) is 2.84. The summed E-state index contributed by atoms with van der Waals surface area (Å²) >= 11 is 0. The summed E-state index contributed by atoms with van der Waals surface area (Å²) in [7, 11) is 0. The molecule has 0 fully saturated rings. The Kier molecular flexibility index (Phi) is 6.99. The van der Waals surface area contributed by atoms with Crippen molar-refractivity contribution >= 4 is 24.0 Å². The highest BCUT2D eigenvalue weighted by atomic mass is 35.5. The van der Waals surface area contributed by atoms with Gasteiger partial charge in [0.05, 0.1) is 12.1 Å². The molecule has 1 amide bonds. The van der Waals surface area contributed by atoms with Crippen molar-refractivity contribution in [2.24, 2.45) is 5.73 Å². The molecule has 0 atom stereocenters. The minimum absolute atomic E-state index is 0. The standard InChI is InChI=1S/C16H20N2O2.ClH/c1-2-3-4-12-5-7-14(8-6-12)18-16(19)13-9-15(10-17)20-11-13;/h5-9,11H,2-4,10,17H2,1H3,(H,18,19);1H. The van der Waals surface area contributed by atoms with Crippen LogP contribution in [0.15, 0.2) is 41.0 Å². The zero-order valence-corrected chi connectivity index (χ0v) is 12.9. The van der Waals surface area contributed by atoms with Crippen LogP contribution in [-0.4, -0.2) is 5.91 Å². The Hall–Kier alpha value is -1.78. The molecular weight excluding hydrogens is 288 g/mol. The minimum Gasteiger partial charge on any atom is -0.467 e. The lowest BCUT2D eigenvalue weighted by atomic mass is 10.1. The largest absolute Gasteiger partial charge is 0.467 e. The lowest BCUT2D eigenvalue weighted by Gasteiger charge is -2.05. The number of anilines is 1. The Labute approximate surface area is 131 Å². The van der Waals surface area contributed by atoms with Gasteiger partial charge in [-0.2, -0.15) is 0 Å². The van der Waals surface area contributed by atoms with Gasteiger partial charge in [-0.05, 0) is 36.6 Å². The van der Waals surface area contributed by atoms with Crippen LogP contribution in [0.1, 0.15) is 41.4 Å². The van der Waals surface area contributed by atoms with Crippen LogP contribution < -0.4 is 11.1 Å². The van der Waals surface area contributed by atoms with Crippen molar-refractivity contribution in [2.75, 3.05) is 5.32 Å². The molecule has 1 aromatic heterocycles. The van der Waals surface area contributed by atoms with Gasteiger partial charge in [0.1, 0.15) is 12.0 Å². The third-order valence-corrected chi connectivity index (χ3v) is 3.15. The lowest BCUT2D eigenvalue weighted by Crippen LogP contribution is -2.10. The van der Waals surface area contributed by atoms with E-state index in [4.69, 9.17) is 10.2 Å². The predicted molar refractivity (Wildman–Crippen MR) is 86.9 cm³/mol. The van der Waals surface area contributed by atoms with Gasteiger partial charge >= 0.3 is 0 Å². The molecule has 3 N–H and O–H groups in total. The second kappa shape index (κ2) is 8.49. The van der Waals surface area contributed by atoms with E-state index >= 15 is 0 Å². The van der Waals surface area contributed by atoms with Crippen LogP contribution in [0.4, 0.5) is 5.69 Å². The predicted octanol–water partition coefficient (Wildman–Crippen LogP) is 3.76. The van der Waals surface area contributed by atoms with Gasteiger partial charge in [0.2, 0.25) is 0 Å². The van der Waals surface area contributed by atoms with Gasteiger partial charge in [0.25, 0.3) is 5.91 Å². The summed E-state index contributed by atoms with van der Waals surface area (Å²) in [6.45, 7) is 2.47. The van der Waals surface area contributed by atoms with E-state index in [0.717, 1.165) is 12.1 Å². The van der Waals surface area contributed by atoms with E-state index in [2.05, 4.69) is 12.2 Å². The number of aryl methyl sites for hydroxylation is 1. The highest BCUT2D eigenvalue weighted by molar-refractivity contribution is 6.04. The number of amides is 1. The summed E-state index contributed by atoms with van der Waals surface area (Å²) in [6, 6.07) is 9.60. The molecule has 0 aliphatic heterocycles. The zero-order valence-electron chi connectivity index (χ0n) is 12.1. The lowest BCUT2D eigenvalue weighted by molar-refractivity contribution is 0.102. The molecule has 0 unspecified atom stereocenters. The van der Waals surface area contributed by atoms with E-state index in [1.807, 2.05) is 24.3 Å². The maximum absolute atomic E-state index is 12.0. The van der Waals surface area contributed by atoms with Crippen LogP contribution in [-0.2, 0) is 13.0 Å². The molecule has 5 heteroatoms. The number of halogens is 1. The summed E-state index contributed by atoms with van der Waals surface area (Å²) in [5.41, 5.74) is 8.01. The summed E-state index contributed by atoms with van der Waals surface area (Å²) in [4.78, 5) is 12.0. The number of carbonyl (C=O) groups excluding carboxylic acids is 1. The number of rotatable bonds is 6. The molecule has 0 aliphatic rings.